The van der Waals surface area contributed by atoms with Crippen molar-refractivity contribution in [3.8, 4) is 0 Å². The monoisotopic (exact) mass is 359 g/mol. The third-order valence-corrected chi connectivity index (χ3v) is 4.51. The molecule has 2 aromatic rings. The van der Waals surface area contributed by atoms with Crippen molar-refractivity contribution in [3.05, 3.63) is 46.5 Å². The van der Waals surface area contributed by atoms with E-state index in [1.54, 1.807) is 11.1 Å². The number of thiazole rings is 1. The Labute approximate surface area is 153 Å². The van der Waals surface area contributed by atoms with E-state index in [-0.39, 0.29) is 24.3 Å². The molecule has 0 aliphatic rings. The van der Waals surface area contributed by atoms with Crippen LogP contribution in [-0.4, -0.2) is 34.8 Å². The van der Waals surface area contributed by atoms with Gasteiger partial charge in [-0.1, -0.05) is 32.9 Å². The molecule has 1 N–H and O–H groups in total. The molecule has 1 heterocycles. The summed E-state index contributed by atoms with van der Waals surface area (Å²) in [5.74, 6) is -0.0795. The highest BCUT2D eigenvalue weighted by Crippen LogP contribution is 2.17. The summed E-state index contributed by atoms with van der Waals surface area (Å²) < 4.78 is 0. The van der Waals surface area contributed by atoms with E-state index in [9.17, 15) is 9.59 Å². The van der Waals surface area contributed by atoms with Gasteiger partial charge >= 0.3 is 0 Å². The Kier molecular flexibility index (Phi) is 6.70. The average molecular weight is 359 g/mol. The van der Waals surface area contributed by atoms with Crippen molar-refractivity contribution < 1.29 is 9.59 Å². The number of benzene rings is 1. The molecule has 0 unspecified atom stereocenters. The third kappa shape index (κ3) is 5.67. The van der Waals surface area contributed by atoms with Crippen molar-refractivity contribution in [2.75, 3.05) is 18.4 Å². The van der Waals surface area contributed by atoms with E-state index in [4.69, 9.17) is 0 Å². The van der Waals surface area contributed by atoms with Crippen LogP contribution in [0.5, 0.6) is 0 Å². The predicted molar refractivity (Wildman–Crippen MR) is 102 cm³/mol. The number of nitrogens with zero attached hydrogens (tertiary/aromatic N) is 2. The first-order valence-electron chi connectivity index (χ1n) is 8.49. The van der Waals surface area contributed by atoms with E-state index in [0.717, 1.165) is 11.3 Å². The Hall–Kier alpha value is -2.21. The van der Waals surface area contributed by atoms with Crippen molar-refractivity contribution in [2.24, 2.45) is 5.92 Å². The van der Waals surface area contributed by atoms with Crippen LogP contribution in [0, 0.1) is 12.8 Å². The molecule has 0 fully saturated rings. The zero-order valence-corrected chi connectivity index (χ0v) is 16.0. The summed E-state index contributed by atoms with van der Waals surface area (Å²) in [6, 6.07) is 7.57. The smallest absolute Gasteiger partial charge is 0.254 e. The van der Waals surface area contributed by atoms with Crippen LogP contribution in [-0.2, 0) is 11.2 Å². The summed E-state index contributed by atoms with van der Waals surface area (Å²) in [6.07, 6.45) is 2.65. The van der Waals surface area contributed by atoms with Gasteiger partial charge in [0.2, 0.25) is 5.91 Å². The van der Waals surface area contributed by atoms with E-state index in [1.165, 1.54) is 16.9 Å². The zero-order valence-electron chi connectivity index (χ0n) is 15.2. The van der Waals surface area contributed by atoms with Crippen molar-refractivity contribution >= 4 is 28.3 Å². The van der Waals surface area contributed by atoms with Gasteiger partial charge in [-0.25, -0.2) is 4.98 Å². The zero-order chi connectivity index (χ0) is 18.4. The van der Waals surface area contributed by atoms with E-state index in [1.807, 2.05) is 45.0 Å². The Balaban J connectivity index is 2.08. The Morgan fingerprint density at radius 2 is 1.92 bits per heavy atom. The highest BCUT2D eigenvalue weighted by molar-refractivity contribution is 7.15. The van der Waals surface area contributed by atoms with Gasteiger partial charge in [0.15, 0.2) is 5.13 Å². The summed E-state index contributed by atoms with van der Waals surface area (Å²) in [5.41, 5.74) is 1.79. The first-order chi connectivity index (χ1) is 11.9. The lowest BCUT2D eigenvalue weighted by Crippen LogP contribution is -2.40. The lowest BCUT2D eigenvalue weighted by Gasteiger charge is -2.24. The van der Waals surface area contributed by atoms with E-state index in [2.05, 4.69) is 17.2 Å². The van der Waals surface area contributed by atoms with Gasteiger partial charge in [-0.05, 0) is 37.0 Å². The van der Waals surface area contributed by atoms with Gasteiger partial charge in [-0.2, -0.15) is 0 Å². The van der Waals surface area contributed by atoms with Crippen LogP contribution in [0.3, 0.4) is 0 Å². The lowest BCUT2D eigenvalue weighted by molar-refractivity contribution is -0.117. The van der Waals surface area contributed by atoms with E-state index >= 15 is 0 Å². The summed E-state index contributed by atoms with van der Waals surface area (Å²) in [6.45, 7) is 8.61. The third-order valence-electron chi connectivity index (χ3n) is 3.68. The maximum atomic E-state index is 12.8. The number of carbonyl (C=O) groups excluding carboxylic acids is 2. The molecular weight excluding hydrogens is 334 g/mol. The maximum Gasteiger partial charge on any atom is 0.254 e. The molecular formula is C19H25N3O2S. The first kappa shape index (κ1) is 19.1. The summed E-state index contributed by atoms with van der Waals surface area (Å²) in [5, 5.41) is 3.33. The highest BCUT2D eigenvalue weighted by Gasteiger charge is 2.20. The number of aryl methyl sites for hydroxylation is 2. The fraction of sp³-hybridized carbons (Fsp3) is 0.421. The van der Waals surface area contributed by atoms with Crippen LogP contribution >= 0.6 is 11.3 Å². The minimum absolute atomic E-state index is 0.0190. The standard InChI is InChI=1S/C19H25N3O2S/c1-5-15-6-8-16(9-7-15)18(24)22(11-13(2)3)12-17(23)21-19-20-10-14(4)25-19/h6-10,13H,5,11-12H2,1-4H3,(H,20,21,23). The minimum atomic E-state index is -0.228. The molecule has 0 saturated heterocycles. The molecule has 1 aromatic heterocycles. The lowest BCUT2D eigenvalue weighted by atomic mass is 10.1. The number of rotatable bonds is 7. The molecule has 134 valence electrons. The fourth-order valence-electron chi connectivity index (χ4n) is 2.47. The van der Waals surface area contributed by atoms with Gasteiger partial charge in [-0.15, -0.1) is 11.3 Å². The van der Waals surface area contributed by atoms with Crippen LogP contribution in [0.4, 0.5) is 5.13 Å². The molecule has 0 aliphatic heterocycles. The quantitative estimate of drug-likeness (QED) is 0.819. The molecule has 5 nitrogen and oxygen atoms in total. The van der Waals surface area contributed by atoms with Crippen molar-refractivity contribution in [2.45, 2.75) is 34.1 Å². The fourth-order valence-corrected chi connectivity index (χ4v) is 3.15. The van der Waals surface area contributed by atoms with Gasteiger partial charge in [-0.3, -0.25) is 9.59 Å². The number of amides is 2. The highest BCUT2D eigenvalue weighted by atomic mass is 32.1. The van der Waals surface area contributed by atoms with Crippen molar-refractivity contribution in [1.82, 2.24) is 9.88 Å². The van der Waals surface area contributed by atoms with Crippen LogP contribution in [0.2, 0.25) is 0 Å². The molecule has 0 aliphatic carbocycles. The van der Waals surface area contributed by atoms with Crippen LogP contribution < -0.4 is 5.32 Å². The van der Waals surface area contributed by atoms with E-state index in [0.29, 0.717) is 17.2 Å². The van der Waals surface area contributed by atoms with Crippen LogP contribution in [0.15, 0.2) is 30.5 Å². The molecule has 25 heavy (non-hydrogen) atoms. The van der Waals surface area contributed by atoms with Crippen molar-refractivity contribution in [3.63, 3.8) is 0 Å². The molecule has 0 spiro atoms. The predicted octanol–water partition coefficient (Wildman–Crippen LogP) is 3.75. The summed E-state index contributed by atoms with van der Waals surface area (Å²) >= 11 is 1.42. The molecule has 0 saturated carbocycles. The number of anilines is 1. The maximum absolute atomic E-state index is 12.8. The molecule has 0 bridgehead atoms. The van der Waals surface area contributed by atoms with Gasteiger partial charge in [0, 0.05) is 23.2 Å². The second kappa shape index (κ2) is 8.76. The molecule has 0 radical (unpaired) electrons. The number of hydrogen-bond donors (Lipinski definition) is 1. The van der Waals surface area contributed by atoms with Gasteiger partial charge in [0.05, 0.1) is 0 Å². The second-order valence-corrected chi connectivity index (χ2v) is 7.69. The molecule has 1 aromatic carbocycles. The molecule has 6 heteroatoms. The van der Waals surface area contributed by atoms with Crippen LogP contribution in [0.1, 0.15) is 41.6 Å². The van der Waals surface area contributed by atoms with Gasteiger partial charge < -0.3 is 10.2 Å². The largest absolute Gasteiger partial charge is 0.329 e. The molecule has 2 amide bonds. The number of carbonyl (C=O) groups is 2. The Morgan fingerprint density at radius 1 is 1.24 bits per heavy atom. The molecule has 2 rings (SSSR count). The number of nitrogens with one attached hydrogen (secondary N) is 1. The number of aromatic nitrogens is 1. The van der Waals surface area contributed by atoms with Crippen molar-refractivity contribution in [1.29, 1.82) is 0 Å². The Morgan fingerprint density at radius 3 is 2.44 bits per heavy atom. The SMILES string of the molecule is CCc1ccc(C(=O)N(CC(=O)Nc2ncc(C)s2)CC(C)C)cc1. The average Bonchev–Trinajstić information content (AvgIpc) is 2.98. The summed E-state index contributed by atoms with van der Waals surface area (Å²) in [7, 11) is 0. The first-order valence-corrected chi connectivity index (χ1v) is 9.31. The Bertz CT molecular complexity index is 723. The van der Waals surface area contributed by atoms with Gasteiger partial charge in [0.25, 0.3) is 5.91 Å². The normalized spacial score (nSPS) is 10.8. The number of hydrogen-bond acceptors (Lipinski definition) is 4. The molecule has 0 atom stereocenters. The van der Waals surface area contributed by atoms with Crippen LogP contribution in [0.25, 0.3) is 0 Å². The van der Waals surface area contributed by atoms with E-state index < -0.39 is 0 Å². The second-order valence-electron chi connectivity index (χ2n) is 6.45. The van der Waals surface area contributed by atoms with Gasteiger partial charge in [0.1, 0.15) is 6.54 Å². The minimum Gasteiger partial charge on any atom is -0.329 e. The summed E-state index contributed by atoms with van der Waals surface area (Å²) in [4.78, 5) is 31.9. The topological polar surface area (TPSA) is 62.3 Å².